The molecule has 1 unspecified atom stereocenters. The predicted octanol–water partition coefficient (Wildman–Crippen LogP) is 0.118. The van der Waals surface area contributed by atoms with Crippen molar-refractivity contribution in [3.8, 4) is 0 Å². The summed E-state index contributed by atoms with van der Waals surface area (Å²) in [6.45, 7) is 0. The summed E-state index contributed by atoms with van der Waals surface area (Å²) in [5.74, 6) is 0.919. The number of hydrogen-bond acceptors (Lipinski definition) is 4. The standard InChI is InChI=1S/C7H11N5/c1-11(2)6-3-4-9-12-5-8-10-7(6)12/h4-6H,3H2,1-2H3. The Bertz CT molecular complexity index is 301. The second-order valence-corrected chi connectivity index (χ2v) is 3.05. The highest BCUT2D eigenvalue weighted by atomic mass is 15.5. The molecule has 0 amide bonds. The molecular formula is C7H11N5. The lowest BCUT2D eigenvalue weighted by Gasteiger charge is -2.23. The van der Waals surface area contributed by atoms with Gasteiger partial charge in [0.25, 0.3) is 0 Å². The summed E-state index contributed by atoms with van der Waals surface area (Å²) < 4.78 is 1.72. The first-order valence-corrected chi connectivity index (χ1v) is 3.88. The first-order chi connectivity index (χ1) is 5.79. The van der Waals surface area contributed by atoms with Gasteiger partial charge in [-0.05, 0) is 14.1 Å². The molecule has 2 heterocycles. The van der Waals surface area contributed by atoms with Gasteiger partial charge in [-0.1, -0.05) is 0 Å². The van der Waals surface area contributed by atoms with E-state index in [1.807, 2.05) is 20.3 Å². The molecule has 5 nitrogen and oxygen atoms in total. The van der Waals surface area contributed by atoms with Crippen LogP contribution in [0.15, 0.2) is 11.4 Å². The molecule has 0 N–H and O–H groups in total. The van der Waals surface area contributed by atoms with Crippen LogP contribution in [0.3, 0.4) is 0 Å². The Morgan fingerprint density at radius 1 is 1.58 bits per heavy atom. The van der Waals surface area contributed by atoms with Crippen LogP contribution in [-0.4, -0.2) is 40.1 Å². The molecule has 0 radical (unpaired) electrons. The van der Waals surface area contributed by atoms with Crippen LogP contribution in [-0.2, 0) is 0 Å². The third-order valence-corrected chi connectivity index (χ3v) is 2.01. The first kappa shape index (κ1) is 7.42. The van der Waals surface area contributed by atoms with Crippen molar-refractivity contribution in [2.45, 2.75) is 12.5 Å². The highest BCUT2D eigenvalue weighted by Gasteiger charge is 2.21. The molecule has 0 saturated heterocycles. The van der Waals surface area contributed by atoms with Crippen molar-refractivity contribution in [1.29, 1.82) is 0 Å². The fourth-order valence-corrected chi connectivity index (χ4v) is 1.33. The van der Waals surface area contributed by atoms with E-state index >= 15 is 0 Å². The van der Waals surface area contributed by atoms with Gasteiger partial charge < -0.3 is 0 Å². The Kier molecular flexibility index (Phi) is 1.65. The average Bonchev–Trinajstić information content (AvgIpc) is 2.49. The van der Waals surface area contributed by atoms with Crippen LogP contribution in [0.1, 0.15) is 18.3 Å². The average molecular weight is 165 g/mol. The monoisotopic (exact) mass is 165 g/mol. The number of nitrogens with zero attached hydrogens (tertiary/aromatic N) is 5. The van der Waals surface area contributed by atoms with E-state index in [4.69, 9.17) is 0 Å². The van der Waals surface area contributed by atoms with Crippen molar-refractivity contribution in [2.75, 3.05) is 14.1 Å². The molecule has 12 heavy (non-hydrogen) atoms. The lowest BCUT2D eigenvalue weighted by atomic mass is 10.2. The second-order valence-electron chi connectivity index (χ2n) is 3.05. The largest absolute Gasteiger partial charge is 0.299 e. The SMILES string of the molecule is CN(C)C1CC=Nn2cnnc21. The maximum absolute atomic E-state index is 4.13. The molecular weight excluding hydrogens is 154 g/mol. The molecule has 1 aromatic rings. The summed E-state index contributed by atoms with van der Waals surface area (Å²) >= 11 is 0. The smallest absolute Gasteiger partial charge is 0.171 e. The molecule has 0 saturated carbocycles. The van der Waals surface area contributed by atoms with Crippen LogP contribution in [0, 0.1) is 0 Å². The van der Waals surface area contributed by atoms with Crippen LogP contribution >= 0.6 is 0 Å². The fourth-order valence-electron chi connectivity index (χ4n) is 1.33. The van der Waals surface area contributed by atoms with E-state index in [2.05, 4.69) is 20.2 Å². The maximum atomic E-state index is 4.13. The zero-order valence-corrected chi connectivity index (χ0v) is 7.18. The number of hydrogen-bond donors (Lipinski definition) is 0. The second kappa shape index (κ2) is 2.67. The van der Waals surface area contributed by atoms with Crippen LogP contribution in [0.25, 0.3) is 0 Å². The number of aromatic nitrogens is 3. The Morgan fingerprint density at radius 2 is 2.42 bits per heavy atom. The molecule has 5 heteroatoms. The zero-order chi connectivity index (χ0) is 8.55. The highest BCUT2D eigenvalue weighted by molar-refractivity contribution is 5.59. The zero-order valence-electron chi connectivity index (χ0n) is 7.18. The van der Waals surface area contributed by atoms with Crippen LogP contribution in [0.5, 0.6) is 0 Å². The Labute approximate surface area is 70.7 Å². The molecule has 0 aliphatic carbocycles. The van der Waals surface area contributed by atoms with Gasteiger partial charge in [-0.25, -0.2) is 4.68 Å². The van der Waals surface area contributed by atoms with Gasteiger partial charge in [0.1, 0.15) is 6.33 Å². The van der Waals surface area contributed by atoms with Gasteiger partial charge >= 0.3 is 0 Å². The van der Waals surface area contributed by atoms with Gasteiger partial charge in [0, 0.05) is 12.6 Å². The predicted molar refractivity (Wildman–Crippen MR) is 45.0 cm³/mol. The number of rotatable bonds is 1. The van der Waals surface area contributed by atoms with Crippen molar-refractivity contribution < 1.29 is 0 Å². The summed E-state index contributed by atoms with van der Waals surface area (Å²) in [5, 5.41) is 12.0. The van der Waals surface area contributed by atoms with Gasteiger partial charge in [-0.2, -0.15) is 5.10 Å². The van der Waals surface area contributed by atoms with Gasteiger partial charge in [0.2, 0.25) is 0 Å². The van der Waals surface area contributed by atoms with Crippen LogP contribution in [0.4, 0.5) is 0 Å². The molecule has 1 aromatic heterocycles. The van der Waals surface area contributed by atoms with E-state index in [-0.39, 0.29) is 0 Å². The summed E-state index contributed by atoms with van der Waals surface area (Å²) in [5.41, 5.74) is 0. The van der Waals surface area contributed by atoms with Crippen molar-refractivity contribution in [2.24, 2.45) is 5.10 Å². The minimum atomic E-state index is 0.310. The third-order valence-electron chi connectivity index (χ3n) is 2.01. The minimum Gasteiger partial charge on any atom is -0.299 e. The molecule has 0 aromatic carbocycles. The van der Waals surface area contributed by atoms with E-state index in [0.717, 1.165) is 12.2 Å². The normalized spacial score (nSPS) is 21.4. The molecule has 0 spiro atoms. The Hall–Kier alpha value is -1.23. The molecule has 2 rings (SSSR count). The minimum absolute atomic E-state index is 0.310. The van der Waals surface area contributed by atoms with E-state index < -0.39 is 0 Å². The molecule has 64 valence electrons. The molecule has 0 fully saturated rings. The van der Waals surface area contributed by atoms with Crippen molar-refractivity contribution in [3.63, 3.8) is 0 Å². The van der Waals surface area contributed by atoms with Gasteiger partial charge in [0.05, 0.1) is 6.04 Å². The molecule has 1 atom stereocenters. The summed E-state index contributed by atoms with van der Waals surface area (Å²) in [6, 6.07) is 0.310. The van der Waals surface area contributed by atoms with Crippen LogP contribution in [0.2, 0.25) is 0 Å². The van der Waals surface area contributed by atoms with Gasteiger partial charge in [0.15, 0.2) is 5.82 Å². The molecule has 1 aliphatic heterocycles. The Morgan fingerprint density at radius 3 is 3.17 bits per heavy atom. The quantitative estimate of drug-likeness (QED) is 0.593. The van der Waals surface area contributed by atoms with Crippen molar-refractivity contribution >= 4 is 6.21 Å². The van der Waals surface area contributed by atoms with Crippen molar-refractivity contribution in [1.82, 2.24) is 19.8 Å². The highest BCUT2D eigenvalue weighted by Crippen LogP contribution is 2.21. The lowest BCUT2D eigenvalue weighted by Crippen LogP contribution is -2.25. The van der Waals surface area contributed by atoms with Crippen LogP contribution < -0.4 is 0 Å². The van der Waals surface area contributed by atoms with E-state index in [9.17, 15) is 0 Å². The van der Waals surface area contributed by atoms with E-state index in [1.54, 1.807) is 11.0 Å². The third kappa shape index (κ3) is 1.02. The molecule has 0 bridgehead atoms. The first-order valence-electron chi connectivity index (χ1n) is 3.88. The molecule has 1 aliphatic rings. The Balaban J connectivity index is 2.38. The fraction of sp³-hybridized carbons (Fsp3) is 0.571. The maximum Gasteiger partial charge on any atom is 0.171 e. The van der Waals surface area contributed by atoms with E-state index in [1.165, 1.54) is 0 Å². The van der Waals surface area contributed by atoms with Crippen molar-refractivity contribution in [3.05, 3.63) is 12.2 Å². The summed E-state index contributed by atoms with van der Waals surface area (Å²) in [4.78, 5) is 2.12. The summed E-state index contributed by atoms with van der Waals surface area (Å²) in [7, 11) is 4.06. The lowest BCUT2D eigenvalue weighted by molar-refractivity contribution is 0.284. The van der Waals surface area contributed by atoms with E-state index in [0.29, 0.717) is 6.04 Å². The topological polar surface area (TPSA) is 46.3 Å². The van der Waals surface area contributed by atoms with Gasteiger partial charge in [-0.15, -0.1) is 10.2 Å². The van der Waals surface area contributed by atoms with Gasteiger partial charge in [-0.3, -0.25) is 4.90 Å². The number of fused-ring (bicyclic) bond motifs is 1. The summed E-state index contributed by atoms with van der Waals surface area (Å²) in [6.07, 6.45) is 4.42.